The molecule has 0 saturated carbocycles. The number of aromatic nitrogens is 1. The lowest BCUT2D eigenvalue weighted by Crippen LogP contribution is -2.27. The van der Waals surface area contributed by atoms with Crippen molar-refractivity contribution in [1.29, 1.82) is 0 Å². The first-order valence-electron chi connectivity index (χ1n) is 8.64. The van der Waals surface area contributed by atoms with E-state index in [2.05, 4.69) is 10.3 Å². The van der Waals surface area contributed by atoms with E-state index in [1.165, 1.54) is 0 Å². The Balaban J connectivity index is 1.74. The maximum absolute atomic E-state index is 12.3. The summed E-state index contributed by atoms with van der Waals surface area (Å²) in [7, 11) is 3.11. The smallest absolute Gasteiger partial charge is 0.251 e. The second-order valence-electron chi connectivity index (χ2n) is 6.29. The van der Waals surface area contributed by atoms with Gasteiger partial charge in [0.2, 0.25) is 0 Å². The number of hydrogen-bond donors (Lipinski definition) is 2. The maximum atomic E-state index is 12.3. The molecule has 0 atom stereocenters. The van der Waals surface area contributed by atoms with Crippen LogP contribution in [0.15, 0.2) is 47.3 Å². The first kappa shape index (κ1) is 18.5. The van der Waals surface area contributed by atoms with Crippen molar-refractivity contribution in [2.45, 2.75) is 13.3 Å². The van der Waals surface area contributed by atoms with Gasteiger partial charge in [0, 0.05) is 29.1 Å². The lowest BCUT2D eigenvalue weighted by atomic mass is 10.1. The highest BCUT2D eigenvalue weighted by atomic mass is 16.5. The molecule has 0 aliphatic rings. The summed E-state index contributed by atoms with van der Waals surface area (Å²) in [6.45, 7) is 2.34. The number of fused-ring (bicyclic) bond motifs is 1. The Hall–Kier alpha value is -3.28. The minimum Gasteiger partial charge on any atom is -0.493 e. The summed E-state index contributed by atoms with van der Waals surface area (Å²) in [5, 5.41) is 3.69. The molecule has 0 unspecified atom stereocenters. The van der Waals surface area contributed by atoms with E-state index in [1.807, 2.05) is 31.2 Å². The highest BCUT2D eigenvalue weighted by Gasteiger charge is 2.10. The fraction of sp³-hybridized carbons (Fsp3) is 0.238. The quantitative estimate of drug-likeness (QED) is 0.703. The minimum absolute atomic E-state index is 0.154. The Labute approximate surface area is 157 Å². The summed E-state index contributed by atoms with van der Waals surface area (Å²) < 4.78 is 10.6. The predicted molar refractivity (Wildman–Crippen MR) is 105 cm³/mol. The number of carbonyl (C=O) groups is 1. The number of aryl methyl sites for hydroxylation is 1. The third-order valence-corrected chi connectivity index (χ3v) is 4.42. The lowest BCUT2D eigenvalue weighted by Gasteiger charge is -2.10. The van der Waals surface area contributed by atoms with Crippen LogP contribution in [-0.2, 0) is 6.42 Å². The summed E-state index contributed by atoms with van der Waals surface area (Å²) in [4.78, 5) is 27.4. The number of benzene rings is 2. The number of methoxy groups -OCH3 is 2. The van der Waals surface area contributed by atoms with Crippen LogP contribution >= 0.6 is 0 Å². The summed E-state index contributed by atoms with van der Waals surface area (Å²) in [5.74, 6) is 0.994. The van der Waals surface area contributed by atoms with Crippen LogP contribution in [0.25, 0.3) is 10.9 Å². The zero-order valence-electron chi connectivity index (χ0n) is 15.6. The molecular formula is C21H22N2O4. The lowest BCUT2D eigenvalue weighted by molar-refractivity contribution is 0.0954. The van der Waals surface area contributed by atoms with Crippen LogP contribution < -0.4 is 20.3 Å². The van der Waals surface area contributed by atoms with Gasteiger partial charge in [-0.3, -0.25) is 9.59 Å². The number of pyridine rings is 1. The zero-order valence-corrected chi connectivity index (χ0v) is 15.6. The topological polar surface area (TPSA) is 80.4 Å². The van der Waals surface area contributed by atoms with Crippen LogP contribution in [0.1, 0.15) is 21.5 Å². The first-order valence-corrected chi connectivity index (χ1v) is 8.64. The number of carbonyl (C=O) groups excluding carboxylic acids is 1. The molecule has 0 aliphatic carbocycles. The van der Waals surface area contributed by atoms with E-state index in [-0.39, 0.29) is 11.5 Å². The van der Waals surface area contributed by atoms with E-state index in [0.717, 1.165) is 10.9 Å². The van der Waals surface area contributed by atoms with Gasteiger partial charge < -0.3 is 19.8 Å². The molecule has 140 valence electrons. The summed E-state index contributed by atoms with van der Waals surface area (Å²) >= 11 is 0. The van der Waals surface area contributed by atoms with Gasteiger partial charge in [0.15, 0.2) is 11.5 Å². The van der Waals surface area contributed by atoms with E-state index in [9.17, 15) is 9.59 Å². The third-order valence-electron chi connectivity index (χ3n) is 4.42. The average Bonchev–Trinajstić information content (AvgIpc) is 2.67. The highest BCUT2D eigenvalue weighted by molar-refractivity contribution is 5.94. The van der Waals surface area contributed by atoms with Crippen LogP contribution in [0.2, 0.25) is 0 Å². The van der Waals surface area contributed by atoms with Gasteiger partial charge in [-0.25, -0.2) is 0 Å². The van der Waals surface area contributed by atoms with Crippen LogP contribution in [0.5, 0.6) is 11.5 Å². The molecule has 0 bridgehead atoms. The Kier molecular flexibility index (Phi) is 5.45. The first-order chi connectivity index (χ1) is 13.0. The van der Waals surface area contributed by atoms with Crippen LogP contribution in [0.3, 0.4) is 0 Å². The average molecular weight is 366 g/mol. The molecule has 27 heavy (non-hydrogen) atoms. The van der Waals surface area contributed by atoms with E-state index in [0.29, 0.717) is 41.1 Å². The number of amides is 1. The monoisotopic (exact) mass is 366 g/mol. The largest absolute Gasteiger partial charge is 0.493 e. The van der Waals surface area contributed by atoms with Crippen molar-refractivity contribution in [3.63, 3.8) is 0 Å². The standard InChI is InChI=1S/C21H22N2O4/c1-13-4-6-14(7-5-13)20(24)22-9-8-15-10-16-11-18(26-2)19(27-3)12-17(16)23-21(15)25/h4-7,10-12H,8-9H2,1-3H3,(H,22,24)(H,23,25). The van der Waals surface area contributed by atoms with Gasteiger partial charge in [0.25, 0.3) is 11.5 Å². The number of nitrogens with one attached hydrogen (secondary N) is 2. The van der Waals surface area contributed by atoms with E-state index in [1.54, 1.807) is 32.4 Å². The second-order valence-corrected chi connectivity index (χ2v) is 6.29. The van der Waals surface area contributed by atoms with Crippen molar-refractivity contribution in [3.8, 4) is 11.5 Å². The summed E-state index contributed by atoms with van der Waals surface area (Å²) in [6, 6.07) is 12.7. The molecule has 3 aromatic rings. The molecule has 2 N–H and O–H groups in total. The van der Waals surface area contributed by atoms with Crippen molar-refractivity contribution in [3.05, 3.63) is 69.5 Å². The molecule has 0 radical (unpaired) electrons. The van der Waals surface area contributed by atoms with Crippen molar-refractivity contribution >= 4 is 16.8 Å². The molecule has 3 rings (SSSR count). The molecule has 1 heterocycles. The summed E-state index contributed by atoms with van der Waals surface area (Å²) in [6.07, 6.45) is 0.428. The molecule has 1 aromatic heterocycles. The third kappa shape index (κ3) is 4.11. The molecule has 0 aliphatic heterocycles. The molecular weight excluding hydrogens is 344 g/mol. The van der Waals surface area contributed by atoms with Gasteiger partial charge >= 0.3 is 0 Å². The van der Waals surface area contributed by atoms with Crippen molar-refractivity contribution in [1.82, 2.24) is 10.3 Å². The zero-order chi connectivity index (χ0) is 19.4. The Morgan fingerprint density at radius 2 is 1.70 bits per heavy atom. The van der Waals surface area contributed by atoms with Gasteiger partial charge in [-0.1, -0.05) is 17.7 Å². The van der Waals surface area contributed by atoms with Crippen molar-refractivity contribution < 1.29 is 14.3 Å². The van der Waals surface area contributed by atoms with Crippen molar-refractivity contribution in [2.24, 2.45) is 0 Å². The van der Waals surface area contributed by atoms with Gasteiger partial charge in [-0.15, -0.1) is 0 Å². The Bertz CT molecular complexity index is 1020. The van der Waals surface area contributed by atoms with Gasteiger partial charge in [-0.2, -0.15) is 0 Å². The molecule has 6 heteroatoms. The molecule has 1 amide bonds. The van der Waals surface area contributed by atoms with E-state index >= 15 is 0 Å². The molecule has 2 aromatic carbocycles. The Morgan fingerprint density at radius 3 is 2.37 bits per heavy atom. The SMILES string of the molecule is COc1cc2cc(CCNC(=O)c3ccc(C)cc3)c(=O)[nH]c2cc1OC. The molecule has 0 fully saturated rings. The van der Waals surface area contributed by atoms with Crippen LogP contribution in [0, 0.1) is 6.92 Å². The van der Waals surface area contributed by atoms with E-state index in [4.69, 9.17) is 9.47 Å². The van der Waals surface area contributed by atoms with Crippen LogP contribution in [0.4, 0.5) is 0 Å². The number of aromatic amines is 1. The second kappa shape index (κ2) is 7.95. The molecule has 6 nitrogen and oxygen atoms in total. The Morgan fingerprint density at radius 1 is 1.04 bits per heavy atom. The highest BCUT2D eigenvalue weighted by Crippen LogP contribution is 2.31. The van der Waals surface area contributed by atoms with Crippen LogP contribution in [-0.4, -0.2) is 31.7 Å². The summed E-state index contributed by atoms with van der Waals surface area (Å²) in [5.41, 5.74) is 2.79. The minimum atomic E-state index is -0.181. The number of hydrogen-bond acceptors (Lipinski definition) is 4. The number of H-pyrrole nitrogens is 1. The maximum Gasteiger partial charge on any atom is 0.251 e. The molecule has 0 spiro atoms. The van der Waals surface area contributed by atoms with Crippen molar-refractivity contribution in [2.75, 3.05) is 20.8 Å². The predicted octanol–water partition coefficient (Wildman–Crippen LogP) is 2.83. The normalized spacial score (nSPS) is 10.6. The van der Waals surface area contributed by atoms with Gasteiger partial charge in [-0.05, 0) is 37.6 Å². The fourth-order valence-electron chi connectivity index (χ4n) is 2.88. The fourth-order valence-corrected chi connectivity index (χ4v) is 2.88. The van der Waals surface area contributed by atoms with Gasteiger partial charge in [0.05, 0.1) is 19.7 Å². The van der Waals surface area contributed by atoms with E-state index < -0.39 is 0 Å². The number of ether oxygens (including phenoxy) is 2. The molecule has 0 saturated heterocycles. The van der Waals surface area contributed by atoms with Gasteiger partial charge in [0.1, 0.15) is 0 Å². The number of rotatable bonds is 6.